The molecule has 1 saturated heterocycles. The number of nitrogens with one attached hydrogen (secondary N) is 2. The van der Waals surface area contributed by atoms with E-state index in [9.17, 15) is 18.0 Å². The lowest BCUT2D eigenvalue weighted by molar-refractivity contribution is -0.137. The average Bonchev–Trinajstić information content (AvgIpc) is 2.41. The fourth-order valence-electron chi connectivity index (χ4n) is 2.05. The van der Waals surface area contributed by atoms with Gasteiger partial charge in [0.25, 0.3) is 0 Å². The van der Waals surface area contributed by atoms with E-state index >= 15 is 0 Å². The zero-order chi connectivity index (χ0) is 15.5. The lowest BCUT2D eigenvalue weighted by Crippen LogP contribution is -2.46. The standard InChI is InChI=1S/C13H15ClF3N3O/c14-10-7-9(13(15,16)17)1-2-11(10)19-12(21)8-20-5-3-18-4-6-20/h1-2,7,18H,3-6,8H2,(H,19,21). The molecule has 0 aliphatic carbocycles. The SMILES string of the molecule is O=C(CN1CCNCC1)Nc1ccc(C(F)(F)F)cc1Cl. The number of carbonyl (C=O) groups is 1. The molecule has 0 saturated carbocycles. The van der Waals surface area contributed by atoms with E-state index in [2.05, 4.69) is 10.6 Å². The van der Waals surface area contributed by atoms with E-state index in [0.717, 1.165) is 38.3 Å². The van der Waals surface area contributed by atoms with Crippen molar-refractivity contribution in [1.29, 1.82) is 0 Å². The minimum absolute atomic E-state index is 0.126. The monoisotopic (exact) mass is 321 g/mol. The maximum absolute atomic E-state index is 12.5. The van der Waals surface area contributed by atoms with E-state index in [1.807, 2.05) is 4.90 Å². The Kier molecular flexibility index (Phi) is 5.08. The lowest BCUT2D eigenvalue weighted by Gasteiger charge is -2.26. The quantitative estimate of drug-likeness (QED) is 0.897. The van der Waals surface area contributed by atoms with Gasteiger partial charge in [0, 0.05) is 26.2 Å². The van der Waals surface area contributed by atoms with Crippen LogP contribution in [0.15, 0.2) is 18.2 Å². The molecule has 8 heteroatoms. The normalized spacial score (nSPS) is 16.8. The molecule has 1 heterocycles. The highest BCUT2D eigenvalue weighted by Crippen LogP contribution is 2.33. The molecule has 116 valence electrons. The Hall–Kier alpha value is -1.31. The fourth-order valence-corrected chi connectivity index (χ4v) is 2.28. The smallest absolute Gasteiger partial charge is 0.324 e. The van der Waals surface area contributed by atoms with Crippen LogP contribution < -0.4 is 10.6 Å². The summed E-state index contributed by atoms with van der Waals surface area (Å²) in [5.41, 5.74) is -0.655. The molecule has 1 aromatic rings. The summed E-state index contributed by atoms with van der Waals surface area (Å²) >= 11 is 5.78. The number of amides is 1. The number of carbonyl (C=O) groups excluding carboxylic acids is 1. The first-order valence-electron chi connectivity index (χ1n) is 6.46. The summed E-state index contributed by atoms with van der Waals surface area (Å²) in [6.45, 7) is 3.34. The predicted octanol–water partition coefficient (Wildman–Crippen LogP) is 2.20. The maximum Gasteiger partial charge on any atom is 0.416 e. The van der Waals surface area contributed by atoms with Crippen LogP contribution in [-0.2, 0) is 11.0 Å². The van der Waals surface area contributed by atoms with Gasteiger partial charge in [0.2, 0.25) is 5.91 Å². The topological polar surface area (TPSA) is 44.4 Å². The van der Waals surface area contributed by atoms with E-state index in [1.165, 1.54) is 6.07 Å². The molecule has 0 unspecified atom stereocenters. The van der Waals surface area contributed by atoms with Crippen molar-refractivity contribution in [2.24, 2.45) is 0 Å². The molecule has 1 aromatic carbocycles. The molecular weight excluding hydrogens is 307 g/mol. The van der Waals surface area contributed by atoms with Crippen LogP contribution in [-0.4, -0.2) is 43.5 Å². The summed E-state index contributed by atoms with van der Waals surface area (Å²) in [5, 5.41) is 5.58. The zero-order valence-corrected chi connectivity index (χ0v) is 11.9. The van der Waals surface area contributed by atoms with Crippen LogP contribution in [0.4, 0.5) is 18.9 Å². The second-order valence-electron chi connectivity index (χ2n) is 4.77. The van der Waals surface area contributed by atoms with Gasteiger partial charge in [0.15, 0.2) is 0 Å². The second kappa shape index (κ2) is 6.64. The third kappa shape index (κ3) is 4.59. The Balaban J connectivity index is 1.97. The summed E-state index contributed by atoms with van der Waals surface area (Å²) in [7, 11) is 0. The van der Waals surface area contributed by atoms with Crippen molar-refractivity contribution < 1.29 is 18.0 Å². The van der Waals surface area contributed by atoms with E-state index in [1.54, 1.807) is 0 Å². The van der Waals surface area contributed by atoms with Gasteiger partial charge < -0.3 is 10.6 Å². The molecule has 1 aliphatic heterocycles. The maximum atomic E-state index is 12.5. The number of halogens is 4. The van der Waals surface area contributed by atoms with Crippen LogP contribution in [0.3, 0.4) is 0 Å². The molecule has 1 aliphatic rings. The number of rotatable bonds is 3. The zero-order valence-electron chi connectivity index (χ0n) is 11.1. The van der Waals surface area contributed by atoms with Crippen molar-refractivity contribution in [2.45, 2.75) is 6.18 Å². The Morgan fingerprint density at radius 2 is 2.00 bits per heavy atom. The highest BCUT2D eigenvalue weighted by atomic mass is 35.5. The number of alkyl halides is 3. The summed E-state index contributed by atoms with van der Waals surface area (Å²) < 4.78 is 37.5. The van der Waals surface area contributed by atoms with Gasteiger partial charge in [-0.1, -0.05) is 11.6 Å². The van der Waals surface area contributed by atoms with E-state index in [0.29, 0.717) is 0 Å². The van der Waals surface area contributed by atoms with Crippen LogP contribution in [0.25, 0.3) is 0 Å². The highest BCUT2D eigenvalue weighted by Gasteiger charge is 2.31. The number of hydrogen-bond donors (Lipinski definition) is 2. The Bertz CT molecular complexity index is 516. The summed E-state index contributed by atoms with van der Waals surface area (Å²) in [4.78, 5) is 13.8. The molecule has 0 bridgehead atoms. The molecule has 2 rings (SSSR count). The number of anilines is 1. The van der Waals surface area contributed by atoms with Gasteiger partial charge in [0.1, 0.15) is 0 Å². The average molecular weight is 322 g/mol. The van der Waals surface area contributed by atoms with Crippen molar-refractivity contribution in [3.8, 4) is 0 Å². The predicted molar refractivity (Wildman–Crippen MR) is 74.4 cm³/mol. The molecule has 0 aromatic heterocycles. The van der Waals surface area contributed by atoms with Gasteiger partial charge in [-0.2, -0.15) is 13.2 Å². The summed E-state index contributed by atoms with van der Waals surface area (Å²) in [5.74, 6) is -0.293. The van der Waals surface area contributed by atoms with E-state index in [4.69, 9.17) is 11.6 Å². The van der Waals surface area contributed by atoms with Gasteiger partial charge in [-0.05, 0) is 18.2 Å². The fraction of sp³-hybridized carbons (Fsp3) is 0.462. The van der Waals surface area contributed by atoms with Crippen LogP contribution >= 0.6 is 11.6 Å². The number of piperazine rings is 1. The summed E-state index contributed by atoms with van der Waals surface area (Å²) in [6, 6.07) is 2.87. The largest absolute Gasteiger partial charge is 0.416 e. The van der Waals surface area contributed by atoms with Crippen LogP contribution in [0.5, 0.6) is 0 Å². The molecule has 1 amide bonds. The Labute approximate surface area is 125 Å². The molecule has 0 spiro atoms. The number of hydrogen-bond acceptors (Lipinski definition) is 3. The minimum Gasteiger partial charge on any atom is -0.324 e. The lowest BCUT2D eigenvalue weighted by atomic mass is 10.2. The minimum atomic E-state index is -4.45. The first-order valence-corrected chi connectivity index (χ1v) is 6.84. The third-order valence-electron chi connectivity index (χ3n) is 3.15. The first kappa shape index (κ1) is 16.1. The Morgan fingerprint density at radius 1 is 1.33 bits per heavy atom. The van der Waals surface area contributed by atoms with Gasteiger partial charge in [-0.25, -0.2) is 0 Å². The van der Waals surface area contributed by atoms with Crippen molar-refractivity contribution in [3.05, 3.63) is 28.8 Å². The van der Waals surface area contributed by atoms with E-state index in [-0.39, 0.29) is 23.2 Å². The molecule has 2 N–H and O–H groups in total. The number of nitrogens with zero attached hydrogens (tertiary/aromatic N) is 1. The van der Waals surface area contributed by atoms with Crippen LogP contribution in [0.2, 0.25) is 5.02 Å². The van der Waals surface area contributed by atoms with E-state index < -0.39 is 11.7 Å². The highest BCUT2D eigenvalue weighted by molar-refractivity contribution is 6.33. The van der Waals surface area contributed by atoms with Gasteiger partial charge in [-0.15, -0.1) is 0 Å². The molecule has 21 heavy (non-hydrogen) atoms. The van der Waals surface area contributed by atoms with Crippen LogP contribution in [0.1, 0.15) is 5.56 Å². The van der Waals surface area contributed by atoms with Gasteiger partial charge >= 0.3 is 6.18 Å². The van der Waals surface area contributed by atoms with Crippen LogP contribution in [0, 0.1) is 0 Å². The second-order valence-corrected chi connectivity index (χ2v) is 5.17. The molecular formula is C13H15ClF3N3O. The number of benzene rings is 1. The molecule has 0 atom stereocenters. The first-order chi connectivity index (χ1) is 9.86. The molecule has 1 fully saturated rings. The van der Waals surface area contributed by atoms with Gasteiger partial charge in [0.05, 0.1) is 22.8 Å². The Morgan fingerprint density at radius 3 is 2.57 bits per heavy atom. The van der Waals surface area contributed by atoms with Crippen molar-refractivity contribution in [3.63, 3.8) is 0 Å². The molecule has 4 nitrogen and oxygen atoms in total. The van der Waals surface area contributed by atoms with Crippen molar-refractivity contribution in [1.82, 2.24) is 10.2 Å². The molecule has 0 radical (unpaired) electrons. The third-order valence-corrected chi connectivity index (χ3v) is 3.46. The van der Waals surface area contributed by atoms with Crippen molar-refractivity contribution >= 4 is 23.2 Å². The summed E-state index contributed by atoms with van der Waals surface area (Å²) in [6.07, 6.45) is -4.45. The van der Waals surface area contributed by atoms with Crippen molar-refractivity contribution in [2.75, 3.05) is 38.0 Å². The van der Waals surface area contributed by atoms with Gasteiger partial charge in [-0.3, -0.25) is 9.69 Å².